The molecule has 0 aliphatic heterocycles. The van der Waals surface area contributed by atoms with Gasteiger partial charge in [-0.2, -0.15) is 0 Å². The quantitative estimate of drug-likeness (QED) is 0.766. The second-order valence-electron chi connectivity index (χ2n) is 3.12. The molecule has 1 heterocycles. The summed E-state index contributed by atoms with van der Waals surface area (Å²) in [6.45, 7) is 0. The number of hydrogen-bond donors (Lipinski definition) is 2. The van der Waals surface area contributed by atoms with E-state index in [-0.39, 0.29) is 5.88 Å². The first-order valence-electron chi connectivity index (χ1n) is 4.49. The van der Waals surface area contributed by atoms with Crippen LogP contribution in [0.3, 0.4) is 0 Å². The van der Waals surface area contributed by atoms with Gasteiger partial charge in [-0.15, -0.1) is 0 Å². The van der Waals surface area contributed by atoms with Gasteiger partial charge in [0.1, 0.15) is 0 Å². The Balaban J connectivity index is 3.00. The lowest BCUT2D eigenvalue weighted by Crippen LogP contribution is -2.16. The van der Waals surface area contributed by atoms with Crippen molar-refractivity contribution >= 4 is 11.9 Å². The maximum Gasteiger partial charge on any atom is 0.311 e. The summed E-state index contributed by atoms with van der Waals surface area (Å²) in [5, 5.41) is 17.5. The average molecular weight is 225 g/mol. The van der Waals surface area contributed by atoms with Gasteiger partial charge in [-0.05, 0) is 11.6 Å². The highest BCUT2D eigenvalue weighted by Gasteiger charge is 2.23. The number of rotatable bonds is 5. The lowest BCUT2D eigenvalue weighted by molar-refractivity contribution is -0.145. The van der Waals surface area contributed by atoms with Gasteiger partial charge in [0.15, 0.2) is 0 Å². The SMILES string of the molecule is COc1cc(C(CC(=O)O)C(=O)O)ccn1. The van der Waals surface area contributed by atoms with Crippen LogP contribution in [0.1, 0.15) is 17.9 Å². The van der Waals surface area contributed by atoms with E-state index >= 15 is 0 Å². The molecule has 0 amide bonds. The normalized spacial score (nSPS) is 11.8. The third-order valence-corrected chi connectivity index (χ3v) is 2.05. The Bertz CT molecular complexity index is 404. The number of nitrogens with zero attached hydrogens (tertiary/aromatic N) is 1. The molecule has 0 radical (unpaired) electrons. The molecule has 16 heavy (non-hydrogen) atoms. The summed E-state index contributed by atoms with van der Waals surface area (Å²) >= 11 is 0. The highest BCUT2D eigenvalue weighted by atomic mass is 16.5. The molecule has 0 saturated carbocycles. The van der Waals surface area contributed by atoms with Crippen molar-refractivity contribution in [3.63, 3.8) is 0 Å². The Morgan fingerprint density at radius 3 is 2.69 bits per heavy atom. The van der Waals surface area contributed by atoms with E-state index in [1.54, 1.807) is 0 Å². The van der Waals surface area contributed by atoms with E-state index < -0.39 is 24.3 Å². The molecule has 0 spiro atoms. The van der Waals surface area contributed by atoms with E-state index in [0.29, 0.717) is 5.56 Å². The van der Waals surface area contributed by atoms with Crippen LogP contribution < -0.4 is 4.74 Å². The van der Waals surface area contributed by atoms with Gasteiger partial charge in [-0.3, -0.25) is 9.59 Å². The van der Waals surface area contributed by atoms with E-state index in [2.05, 4.69) is 4.98 Å². The van der Waals surface area contributed by atoms with Crippen molar-refractivity contribution in [1.29, 1.82) is 0 Å². The smallest absolute Gasteiger partial charge is 0.311 e. The number of carbonyl (C=O) groups is 2. The van der Waals surface area contributed by atoms with E-state index in [0.717, 1.165) is 0 Å². The first-order chi connectivity index (χ1) is 7.54. The second-order valence-corrected chi connectivity index (χ2v) is 3.12. The van der Waals surface area contributed by atoms with E-state index in [9.17, 15) is 9.59 Å². The Hall–Kier alpha value is -2.11. The number of aliphatic carboxylic acids is 2. The van der Waals surface area contributed by atoms with Gasteiger partial charge in [-0.25, -0.2) is 4.98 Å². The molecule has 0 aromatic carbocycles. The number of carboxylic acid groups (broad SMARTS) is 2. The van der Waals surface area contributed by atoms with Gasteiger partial charge in [0.05, 0.1) is 19.4 Å². The summed E-state index contributed by atoms with van der Waals surface area (Å²) in [6, 6.07) is 2.88. The van der Waals surface area contributed by atoms with Gasteiger partial charge in [0, 0.05) is 12.3 Å². The highest BCUT2D eigenvalue weighted by molar-refractivity contribution is 5.82. The number of pyridine rings is 1. The molecule has 2 N–H and O–H groups in total. The molecule has 0 saturated heterocycles. The average Bonchev–Trinajstić information content (AvgIpc) is 2.25. The zero-order valence-corrected chi connectivity index (χ0v) is 8.58. The topological polar surface area (TPSA) is 96.7 Å². The van der Waals surface area contributed by atoms with Gasteiger partial charge < -0.3 is 14.9 Å². The third-order valence-electron chi connectivity index (χ3n) is 2.05. The fourth-order valence-corrected chi connectivity index (χ4v) is 1.28. The van der Waals surface area contributed by atoms with Crippen LogP contribution in [0.15, 0.2) is 18.3 Å². The summed E-state index contributed by atoms with van der Waals surface area (Å²) in [5.74, 6) is -3.18. The second kappa shape index (κ2) is 5.11. The van der Waals surface area contributed by atoms with E-state index in [1.165, 1.54) is 25.4 Å². The number of methoxy groups -OCH3 is 1. The Morgan fingerprint density at radius 1 is 1.50 bits per heavy atom. The Morgan fingerprint density at radius 2 is 2.19 bits per heavy atom. The first kappa shape index (κ1) is 12.0. The van der Waals surface area contributed by atoms with Crippen LogP contribution in [-0.4, -0.2) is 34.2 Å². The van der Waals surface area contributed by atoms with Crippen LogP contribution in [0.2, 0.25) is 0 Å². The lowest BCUT2D eigenvalue weighted by atomic mass is 9.97. The maximum atomic E-state index is 10.9. The number of aromatic nitrogens is 1. The molecule has 1 atom stereocenters. The fraction of sp³-hybridized carbons (Fsp3) is 0.300. The van der Waals surface area contributed by atoms with Crippen molar-refractivity contribution in [3.05, 3.63) is 23.9 Å². The van der Waals surface area contributed by atoms with Crippen molar-refractivity contribution in [2.75, 3.05) is 7.11 Å². The summed E-state index contributed by atoms with van der Waals surface area (Å²) in [7, 11) is 1.40. The Labute approximate surface area is 91.5 Å². The molecule has 0 bridgehead atoms. The zero-order chi connectivity index (χ0) is 12.1. The van der Waals surface area contributed by atoms with Crippen LogP contribution in [0.5, 0.6) is 5.88 Å². The van der Waals surface area contributed by atoms with E-state index in [1.807, 2.05) is 0 Å². The largest absolute Gasteiger partial charge is 0.481 e. The van der Waals surface area contributed by atoms with Gasteiger partial charge in [-0.1, -0.05) is 0 Å². The van der Waals surface area contributed by atoms with E-state index in [4.69, 9.17) is 14.9 Å². The lowest BCUT2D eigenvalue weighted by Gasteiger charge is -2.10. The molecular formula is C10H11NO5. The molecular weight excluding hydrogens is 214 g/mol. The summed E-state index contributed by atoms with van der Waals surface area (Å²) in [4.78, 5) is 25.3. The molecule has 6 nitrogen and oxygen atoms in total. The predicted molar refractivity (Wildman–Crippen MR) is 53.4 cm³/mol. The van der Waals surface area contributed by atoms with Crippen molar-refractivity contribution in [1.82, 2.24) is 4.98 Å². The standard InChI is InChI=1S/C10H11NO5/c1-16-8-4-6(2-3-11-8)7(10(14)15)5-9(12)13/h2-4,7H,5H2,1H3,(H,12,13)(H,14,15). The minimum atomic E-state index is -1.18. The molecule has 1 aromatic heterocycles. The maximum absolute atomic E-state index is 10.9. The highest BCUT2D eigenvalue weighted by Crippen LogP contribution is 2.22. The Kier molecular flexibility index (Phi) is 3.82. The van der Waals surface area contributed by atoms with Crippen molar-refractivity contribution in [2.24, 2.45) is 0 Å². The van der Waals surface area contributed by atoms with Crippen molar-refractivity contribution < 1.29 is 24.5 Å². The van der Waals surface area contributed by atoms with Gasteiger partial charge in [0.25, 0.3) is 0 Å². The molecule has 0 fully saturated rings. The number of ether oxygens (including phenoxy) is 1. The molecule has 1 rings (SSSR count). The molecule has 86 valence electrons. The molecule has 0 aliphatic carbocycles. The van der Waals surface area contributed by atoms with Gasteiger partial charge in [0.2, 0.25) is 5.88 Å². The molecule has 1 unspecified atom stereocenters. The fourth-order valence-electron chi connectivity index (χ4n) is 1.28. The molecule has 0 aliphatic rings. The number of carboxylic acids is 2. The van der Waals surface area contributed by atoms with Crippen LogP contribution in [0.25, 0.3) is 0 Å². The summed E-state index contributed by atoms with van der Waals surface area (Å²) in [5.41, 5.74) is 0.363. The third kappa shape index (κ3) is 2.94. The minimum Gasteiger partial charge on any atom is -0.481 e. The monoisotopic (exact) mass is 225 g/mol. The van der Waals surface area contributed by atoms with Crippen LogP contribution in [0, 0.1) is 0 Å². The minimum absolute atomic E-state index is 0.258. The summed E-state index contributed by atoms with van der Waals surface area (Å²) < 4.78 is 4.84. The predicted octanol–water partition coefficient (Wildman–Crippen LogP) is 0.733. The number of hydrogen-bond acceptors (Lipinski definition) is 4. The van der Waals surface area contributed by atoms with Crippen LogP contribution in [0.4, 0.5) is 0 Å². The van der Waals surface area contributed by atoms with Crippen LogP contribution >= 0.6 is 0 Å². The van der Waals surface area contributed by atoms with Gasteiger partial charge >= 0.3 is 11.9 Å². The van der Waals surface area contributed by atoms with Crippen molar-refractivity contribution in [2.45, 2.75) is 12.3 Å². The first-order valence-corrected chi connectivity index (χ1v) is 4.49. The molecule has 6 heteroatoms. The van der Waals surface area contributed by atoms with Crippen LogP contribution in [-0.2, 0) is 9.59 Å². The molecule has 1 aromatic rings. The zero-order valence-electron chi connectivity index (χ0n) is 8.58. The van der Waals surface area contributed by atoms with Crippen molar-refractivity contribution in [3.8, 4) is 5.88 Å². The summed E-state index contributed by atoms with van der Waals surface area (Å²) in [6.07, 6.45) is 0.911.